The zero-order valence-electron chi connectivity index (χ0n) is 14.4. The van der Waals surface area contributed by atoms with E-state index in [0.717, 1.165) is 50.5 Å². The highest BCUT2D eigenvalue weighted by Gasteiger charge is 2.32. The minimum atomic E-state index is -0.350. The van der Waals surface area contributed by atoms with Gasteiger partial charge in [-0.1, -0.05) is 23.4 Å². The first-order valence-electron chi connectivity index (χ1n) is 8.98. The van der Waals surface area contributed by atoms with Crippen molar-refractivity contribution in [1.29, 1.82) is 0 Å². The van der Waals surface area contributed by atoms with Crippen LogP contribution in [0.3, 0.4) is 0 Å². The Morgan fingerprint density at radius 2 is 1.96 bits per heavy atom. The lowest BCUT2D eigenvalue weighted by Crippen LogP contribution is -2.44. The van der Waals surface area contributed by atoms with E-state index in [2.05, 4.69) is 20.1 Å². The van der Waals surface area contributed by atoms with Crippen molar-refractivity contribution < 1.29 is 9.84 Å². The van der Waals surface area contributed by atoms with Crippen molar-refractivity contribution in [2.45, 2.75) is 25.1 Å². The topological polar surface area (TPSA) is 66.7 Å². The number of benzene rings is 1. The average molecular weight is 343 g/mol. The van der Waals surface area contributed by atoms with Gasteiger partial charge in [-0.25, -0.2) is 4.68 Å². The molecule has 2 aromatic rings. The Morgan fingerprint density at radius 3 is 2.76 bits per heavy atom. The molecule has 0 saturated carbocycles. The van der Waals surface area contributed by atoms with Gasteiger partial charge in [0.05, 0.1) is 42.9 Å². The van der Waals surface area contributed by atoms with E-state index in [4.69, 9.17) is 4.74 Å². The normalized spacial score (nSPS) is 26.0. The Kier molecular flexibility index (Phi) is 5.07. The third-order valence-electron chi connectivity index (χ3n) is 5.06. The standard InChI is InChI=1S/C18H25N5O2/c24-18-14-25-13-17(18)22-8-4-7-21(9-10-22)11-15-12-23(20-19-15)16-5-2-1-3-6-16/h1-3,5-6,12,17-18,24H,4,7-11,13-14H2/t17-,18-/m1/s1. The van der Waals surface area contributed by atoms with Crippen molar-refractivity contribution in [3.05, 3.63) is 42.2 Å². The molecule has 1 aromatic carbocycles. The van der Waals surface area contributed by atoms with E-state index in [-0.39, 0.29) is 12.1 Å². The van der Waals surface area contributed by atoms with Crippen molar-refractivity contribution in [1.82, 2.24) is 24.8 Å². The van der Waals surface area contributed by atoms with Crippen LogP contribution in [0.5, 0.6) is 0 Å². The Morgan fingerprint density at radius 1 is 1.08 bits per heavy atom. The fourth-order valence-electron chi connectivity index (χ4n) is 3.67. The van der Waals surface area contributed by atoms with E-state index in [1.165, 1.54) is 0 Å². The van der Waals surface area contributed by atoms with E-state index >= 15 is 0 Å². The number of para-hydroxylation sites is 1. The third-order valence-corrected chi connectivity index (χ3v) is 5.06. The molecular formula is C18H25N5O2. The highest BCUT2D eigenvalue weighted by molar-refractivity contribution is 5.29. The molecule has 0 bridgehead atoms. The molecule has 1 aromatic heterocycles. The summed E-state index contributed by atoms with van der Waals surface area (Å²) in [7, 11) is 0. The first-order valence-corrected chi connectivity index (χ1v) is 8.98. The van der Waals surface area contributed by atoms with Gasteiger partial charge in [0, 0.05) is 19.6 Å². The molecule has 0 radical (unpaired) electrons. The van der Waals surface area contributed by atoms with Crippen LogP contribution in [0.2, 0.25) is 0 Å². The number of nitrogens with zero attached hydrogens (tertiary/aromatic N) is 5. The maximum Gasteiger partial charge on any atom is 0.0971 e. The summed E-state index contributed by atoms with van der Waals surface area (Å²) in [6.07, 6.45) is 2.75. The minimum absolute atomic E-state index is 0.152. The van der Waals surface area contributed by atoms with Crippen molar-refractivity contribution >= 4 is 0 Å². The van der Waals surface area contributed by atoms with Crippen LogP contribution in [0.15, 0.2) is 36.5 Å². The van der Waals surface area contributed by atoms with Crippen molar-refractivity contribution in [3.8, 4) is 5.69 Å². The van der Waals surface area contributed by atoms with E-state index in [9.17, 15) is 5.11 Å². The van der Waals surface area contributed by atoms with Crippen LogP contribution in [0.4, 0.5) is 0 Å². The summed E-state index contributed by atoms with van der Waals surface area (Å²) in [6, 6.07) is 10.2. The molecular weight excluding hydrogens is 318 g/mol. The summed E-state index contributed by atoms with van der Waals surface area (Å²) < 4.78 is 7.23. The zero-order valence-corrected chi connectivity index (χ0v) is 14.4. The average Bonchev–Trinajstić information content (AvgIpc) is 3.21. The Labute approximate surface area is 147 Å². The highest BCUT2D eigenvalue weighted by Crippen LogP contribution is 2.17. The largest absolute Gasteiger partial charge is 0.389 e. The molecule has 2 aliphatic rings. The first-order chi connectivity index (χ1) is 12.3. The van der Waals surface area contributed by atoms with Gasteiger partial charge in [0.1, 0.15) is 0 Å². The third kappa shape index (κ3) is 3.90. The fourth-order valence-corrected chi connectivity index (χ4v) is 3.67. The van der Waals surface area contributed by atoms with Gasteiger partial charge >= 0.3 is 0 Å². The predicted molar refractivity (Wildman–Crippen MR) is 93.4 cm³/mol. The summed E-state index contributed by atoms with van der Waals surface area (Å²) in [6.45, 7) is 5.90. The summed E-state index contributed by atoms with van der Waals surface area (Å²) >= 11 is 0. The molecule has 134 valence electrons. The van der Waals surface area contributed by atoms with Crippen LogP contribution < -0.4 is 0 Å². The molecule has 2 aliphatic heterocycles. The molecule has 0 spiro atoms. The molecule has 7 nitrogen and oxygen atoms in total. The van der Waals surface area contributed by atoms with Gasteiger partial charge in [-0.15, -0.1) is 5.10 Å². The van der Waals surface area contributed by atoms with E-state index < -0.39 is 0 Å². The molecule has 4 rings (SSSR count). The summed E-state index contributed by atoms with van der Waals surface area (Å²) in [5.74, 6) is 0. The molecule has 7 heteroatoms. The SMILES string of the molecule is O[C@@H]1COC[C@H]1N1CCCN(Cc2cn(-c3ccccc3)nn2)CC1. The molecule has 2 fully saturated rings. The molecule has 2 atom stereocenters. The van der Waals surface area contributed by atoms with E-state index in [0.29, 0.717) is 13.2 Å². The molecule has 0 amide bonds. The number of aliphatic hydroxyl groups excluding tert-OH is 1. The Balaban J connectivity index is 1.35. The van der Waals surface area contributed by atoms with Gasteiger partial charge in [-0.05, 0) is 31.6 Å². The number of hydrogen-bond donors (Lipinski definition) is 1. The van der Waals surface area contributed by atoms with Crippen LogP contribution in [-0.2, 0) is 11.3 Å². The number of aliphatic hydroxyl groups is 1. The van der Waals surface area contributed by atoms with Gasteiger partial charge < -0.3 is 9.84 Å². The molecule has 2 saturated heterocycles. The number of ether oxygens (including phenoxy) is 1. The Hall–Kier alpha value is -1.80. The van der Waals surface area contributed by atoms with Gasteiger partial charge in [0.15, 0.2) is 0 Å². The maximum absolute atomic E-state index is 10.0. The van der Waals surface area contributed by atoms with E-state index in [1.54, 1.807) is 0 Å². The van der Waals surface area contributed by atoms with Crippen LogP contribution in [-0.4, -0.2) is 81.4 Å². The first kappa shape index (κ1) is 16.7. The second kappa shape index (κ2) is 7.61. The summed E-state index contributed by atoms with van der Waals surface area (Å²) in [4.78, 5) is 4.79. The van der Waals surface area contributed by atoms with Crippen molar-refractivity contribution in [2.75, 3.05) is 39.4 Å². The Bertz CT molecular complexity index is 677. The van der Waals surface area contributed by atoms with Crippen LogP contribution in [0.1, 0.15) is 12.1 Å². The molecule has 0 unspecified atom stereocenters. The van der Waals surface area contributed by atoms with Gasteiger partial charge in [0.2, 0.25) is 0 Å². The lowest BCUT2D eigenvalue weighted by molar-refractivity contribution is 0.0837. The van der Waals surface area contributed by atoms with E-state index in [1.807, 2.05) is 41.2 Å². The molecule has 1 N–H and O–H groups in total. The summed E-state index contributed by atoms with van der Waals surface area (Å²) in [5.41, 5.74) is 2.01. The molecule has 3 heterocycles. The van der Waals surface area contributed by atoms with Gasteiger partial charge in [-0.3, -0.25) is 9.80 Å². The molecule has 25 heavy (non-hydrogen) atoms. The second-order valence-corrected chi connectivity index (χ2v) is 6.83. The zero-order chi connectivity index (χ0) is 17.1. The van der Waals surface area contributed by atoms with Crippen molar-refractivity contribution in [2.24, 2.45) is 0 Å². The monoisotopic (exact) mass is 343 g/mol. The highest BCUT2D eigenvalue weighted by atomic mass is 16.5. The number of hydrogen-bond acceptors (Lipinski definition) is 6. The molecule has 0 aliphatic carbocycles. The van der Waals surface area contributed by atoms with Crippen LogP contribution in [0, 0.1) is 0 Å². The van der Waals surface area contributed by atoms with Crippen molar-refractivity contribution in [3.63, 3.8) is 0 Å². The lowest BCUT2D eigenvalue weighted by Gasteiger charge is -2.28. The number of rotatable bonds is 4. The second-order valence-electron chi connectivity index (χ2n) is 6.83. The maximum atomic E-state index is 10.0. The number of aromatic nitrogens is 3. The minimum Gasteiger partial charge on any atom is -0.389 e. The quantitative estimate of drug-likeness (QED) is 0.874. The predicted octanol–water partition coefficient (Wildman–Crippen LogP) is 0.535. The van der Waals surface area contributed by atoms with Gasteiger partial charge in [-0.2, -0.15) is 0 Å². The summed E-state index contributed by atoms with van der Waals surface area (Å²) in [5, 5.41) is 18.6. The smallest absolute Gasteiger partial charge is 0.0971 e. The van der Waals surface area contributed by atoms with Crippen LogP contribution in [0.25, 0.3) is 5.69 Å². The lowest BCUT2D eigenvalue weighted by atomic mass is 10.2. The van der Waals surface area contributed by atoms with Crippen LogP contribution >= 0.6 is 0 Å². The fraction of sp³-hybridized carbons (Fsp3) is 0.556. The van der Waals surface area contributed by atoms with Gasteiger partial charge in [0.25, 0.3) is 0 Å².